The van der Waals surface area contributed by atoms with Gasteiger partial charge in [0.1, 0.15) is 23.6 Å². The minimum Gasteiger partial charge on any atom is -0.457 e. The summed E-state index contributed by atoms with van der Waals surface area (Å²) in [5, 5.41) is 5.98. The quantitative estimate of drug-likeness (QED) is 0.855. The molecule has 0 amide bonds. The van der Waals surface area contributed by atoms with Crippen molar-refractivity contribution in [1.82, 2.24) is 9.91 Å². The Labute approximate surface area is 130 Å². The van der Waals surface area contributed by atoms with Crippen LogP contribution in [0.25, 0.3) is 0 Å². The van der Waals surface area contributed by atoms with E-state index in [0.717, 1.165) is 5.57 Å². The summed E-state index contributed by atoms with van der Waals surface area (Å²) in [5.74, 6) is 0.761. The summed E-state index contributed by atoms with van der Waals surface area (Å²) in [7, 11) is 1.86. The van der Waals surface area contributed by atoms with Crippen molar-refractivity contribution >= 4 is 6.34 Å². The lowest BCUT2D eigenvalue weighted by atomic mass is 10.2. The normalized spacial score (nSPS) is 20.1. The highest BCUT2D eigenvalue weighted by molar-refractivity contribution is 5.58. The Morgan fingerprint density at radius 1 is 1.13 bits per heavy atom. The maximum Gasteiger partial charge on any atom is 0.573 e. The number of rotatable bonds is 3. The molecule has 2 aliphatic rings. The molecule has 1 unspecified atom stereocenters. The number of likely N-dealkylation sites (N-methyl/N-ethyl adjacent to an activating group) is 1. The van der Waals surface area contributed by atoms with E-state index in [9.17, 15) is 13.2 Å². The fraction of sp³-hybridized carbons (Fsp3) is 0.267. The number of benzene rings is 1. The van der Waals surface area contributed by atoms with Gasteiger partial charge in [-0.15, -0.1) is 13.2 Å². The van der Waals surface area contributed by atoms with E-state index in [-0.39, 0.29) is 11.9 Å². The predicted molar refractivity (Wildman–Crippen MR) is 77.5 cm³/mol. The fourth-order valence-corrected chi connectivity index (χ4v) is 2.36. The van der Waals surface area contributed by atoms with E-state index in [0.29, 0.717) is 11.5 Å². The summed E-state index contributed by atoms with van der Waals surface area (Å²) >= 11 is 0. The molecule has 1 aromatic rings. The van der Waals surface area contributed by atoms with Crippen LogP contribution in [0, 0.1) is 0 Å². The predicted octanol–water partition coefficient (Wildman–Crippen LogP) is 3.28. The molecule has 5 nitrogen and oxygen atoms in total. The second-order valence-corrected chi connectivity index (χ2v) is 5.19. The molecule has 3 rings (SSSR count). The molecule has 0 aromatic heterocycles. The first kappa shape index (κ1) is 15.3. The van der Waals surface area contributed by atoms with E-state index in [1.807, 2.05) is 31.1 Å². The molecule has 0 saturated carbocycles. The van der Waals surface area contributed by atoms with Crippen LogP contribution in [-0.4, -0.2) is 35.8 Å². The lowest BCUT2D eigenvalue weighted by Crippen LogP contribution is -2.39. The smallest absolute Gasteiger partial charge is 0.457 e. The molecule has 0 saturated heterocycles. The van der Waals surface area contributed by atoms with Crippen molar-refractivity contribution in [3.63, 3.8) is 0 Å². The van der Waals surface area contributed by atoms with Gasteiger partial charge in [-0.25, -0.2) is 5.01 Å². The largest absolute Gasteiger partial charge is 0.573 e. The van der Waals surface area contributed by atoms with Crippen molar-refractivity contribution < 1.29 is 22.6 Å². The number of ether oxygens (including phenoxy) is 2. The topological polar surface area (TPSA) is 37.3 Å². The maximum atomic E-state index is 12.2. The Kier molecular flexibility index (Phi) is 3.67. The zero-order chi connectivity index (χ0) is 16.6. The molecule has 1 aromatic carbocycles. The Bertz CT molecular complexity index is 680. The van der Waals surface area contributed by atoms with E-state index < -0.39 is 6.36 Å². The molecule has 23 heavy (non-hydrogen) atoms. The number of nitrogens with zero attached hydrogens (tertiary/aromatic N) is 3. The highest BCUT2D eigenvalue weighted by Crippen LogP contribution is 2.30. The van der Waals surface area contributed by atoms with Crippen LogP contribution in [0.4, 0.5) is 13.2 Å². The van der Waals surface area contributed by atoms with Crippen LogP contribution in [0.2, 0.25) is 0 Å². The molecule has 0 spiro atoms. The van der Waals surface area contributed by atoms with Crippen LogP contribution in [0.5, 0.6) is 11.5 Å². The fourth-order valence-electron chi connectivity index (χ4n) is 2.36. The average molecular weight is 325 g/mol. The van der Waals surface area contributed by atoms with Crippen molar-refractivity contribution in [2.24, 2.45) is 5.10 Å². The zero-order valence-electron chi connectivity index (χ0n) is 12.4. The van der Waals surface area contributed by atoms with Gasteiger partial charge in [-0.3, -0.25) is 0 Å². The number of allylic oxidation sites excluding steroid dienone is 2. The first-order valence-electron chi connectivity index (χ1n) is 6.80. The van der Waals surface area contributed by atoms with Gasteiger partial charge in [0, 0.05) is 13.2 Å². The van der Waals surface area contributed by atoms with E-state index >= 15 is 0 Å². The molecule has 1 atom stereocenters. The van der Waals surface area contributed by atoms with Crippen molar-refractivity contribution in [1.29, 1.82) is 0 Å². The second-order valence-electron chi connectivity index (χ2n) is 5.19. The molecular weight excluding hydrogens is 311 g/mol. The summed E-state index contributed by atoms with van der Waals surface area (Å²) in [6.07, 6.45) is 0.520. The molecule has 2 aliphatic heterocycles. The molecule has 2 heterocycles. The van der Waals surface area contributed by atoms with Crippen molar-refractivity contribution in [3.8, 4) is 11.5 Å². The van der Waals surface area contributed by atoms with Crippen molar-refractivity contribution in [2.45, 2.75) is 19.5 Å². The van der Waals surface area contributed by atoms with Crippen molar-refractivity contribution in [3.05, 3.63) is 47.9 Å². The third-order valence-electron chi connectivity index (χ3n) is 3.26. The molecule has 0 N–H and O–H groups in total. The first-order chi connectivity index (χ1) is 10.8. The number of fused-ring (bicyclic) bond motifs is 1. The van der Waals surface area contributed by atoms with E-state index in [4.69, 9.17) is 4.74 Å². The van der Waals surface area contributed by atoms with Crippen LogP contribution < -0.4 is 9.47 Å². The lowest BCUT2D eigenvalue weighted by molar-refractivity contribution is -0.274. The Morgan fingerprint density at radius 2 is 1.78 bits per heavy atom. The molecule has 0 bridgehead atoms. The standard InChI is InChI=1S/C15H14F3N3O2/c1-10-7-13(14-20(2)9-19-21(14)8-10)22-11-3-5-12(6-4-11)23-15(16,17)18/h3-9,14H,1-2H3. The highest BCUT2D eigenvalue weighted by Gasteiger charge is 2.33. The Balaban J connectivity index is 1.75. The van der Waals surface area contributed by atoms with Gasteiger partial charge < -0.3 is 14.4 Å². The SMILES string of the molecule is CC1=CN2N=CN(C)C2C(Oc2ccc(OC(F)(F)F)cc2)=C1. The van der Waals surface area contributed by atoms with Crippen molar-refractivity contribution in [2.75, 3.05) is 7.05 Å². The summed E-state index contributed by atoms with van der Waals surface area (Å²) in [4.78, 5) is 1.87. The van der Waals surface area contributed by atoms with Gasteiger partial charge >= 0.3 is 6.36 Å². The molecular formula is C15H14F3N3O2. The molecule has 122 valence electrons. The number of halogens is 3. The Hall–Kier alpha value is -2.64. The van der Waals surface area contributed by atoms with Crippen LogP contribution in [0.15, 0.2) is 53.0 Å². The third kappa shape index (κ3) is 3.41. The van der Waals surface area contributed by atoms with Gasteiger partial charge in [0.25, 0.3) is 0 Å². The number of hydrogen-bond donors (Lipinski definition) is 0. The van der Waals surface area contributed by atoms with Gasteiger partial charge in [-0.2, -0.15) is 5.10 Å². The van der Waals surface area contributed by atoms with Crippen LogP contribution >= 0.6 is 0 Å². The molecule has 0 aliphatic carbocycles. The molecule has 0 fully saturated rings. The summed E-state index contributed by atoms with van der Waals surface area (Å²) in [6, 6.07) is 5.27. The van der Waals surface area contributed by atoms with Gasteiger partial charge in [0.15, 0.2) is 6.17 Å². The van der Waals surface area contributed by atoms with Crippen LogP contribution in [-0.2, 0) is 0 Å². The summed E-state index contributed by atoms with van der Waals surface area (Å²) < 4.78 is 46.1. The van der Waals surface area contributed by atoms with Crippen LogP contribution in [0.3, 0.4) is 0 Å². The summed E-state index contributed by atoms with van der Waals surface area (Å²) in [6.45, 7) is 1.91. The van der Waals surface area contributed by atoms with E-state index in [1.165, 1.54) is 24.3 Å². The minimum absolute atomic E-state index is 0.204. The number of hydrazone groups is 1. The van der Waals surface area contributed by atoms with Gasteiger partial charge in [-0.05, 0) is 42.8 Å². The van der Waals surface area contributed by atoms with E-state index in [1.54, 1.807) is 11.3 Å². The van der Waals surface area contributed by atoms with Gasteiger partial charge in [0.2, 0.25) is 0 Å². The number of alkyl halides is 3. The molecule has 0 radical (unpaired) electrons. The zero-order valence-corrected chi connectivity index (χ0v) is 12.4. The average Bonchev–Trinajstić information content (AvgIpc) is 2.81. The highest BCUT2D eigenvalue weighted by atomic mass is 19.4. The third-order valence-corrected chi connectivity index (χ3v) is 3.26. The Morgan fingerprint density at radius 3 is 2.43 bits per heavy atom. The number of hydrogen-bond acceptors (Lipinski definition) is 5. The first-order valence-corrected chi connectivity index (χ1v) is 6.80. The van der Waals surface area contributed by atoms with E-state index in [2.05, 4.69) is 9.84 Å². The second kappa shape index (κ2) is 5.53. The maximum absolute atomic E-state index is 12.2. The van der Waals surface area contributed by atoms with Gasteiger partial charge in [0.05, 0.1) is 0 Å². The monoisotopic (exact) mass is 325 g/mol. The minimum atomic E-state index is -4.71. The van der Waals surface area contributed by atoms with Gasteiger partial charge in [-0.1, -0.05) is 0 Å². The lowest BCUT2D eigenvalue weighted by Gasteiger charge is -2.30. The summed E-state index contributed by atoms with van der Waals surface area (Å²) in [5.41, 5.74) is 0.959. The molecule has 8 heteroatoms. The van der Waals surface area contributed by atoms with Crippen LogP contribution in [0.1, 0.15) is 6.92 Å².